The van der Waals surface area contributed by atoms with Crippen LogP contribution in [0.2, 0.25) is 0 Å². The summed E-state index contributed by atoms with van der Waals surface area (Å²) in [5, 5.41) is 0. The Kier molecular flexibility index (Phi) is 4.94. The van der Waals surface area contributed by atoms with Gasteiger partial charge in [0.25, 0.3) is 0 Å². The van der Waals surface area contributed by atoms with E-state index in [4.69, 9.17) is 0 Å². The molecule has 0 aliphatic heterocycles. The van der Waals surface area contributed by atoms with Gasteiger partial charge in [-0.3, -0.25) is 0 Å². The quantitative estimate of drug-likeness (QED) is 0.566. The molecule has 0 N–H and O–H groups in total. The topological polar surface area (TPSA) is 0 Å². The minimum atomic E-state index is -5.54. The second kappa shape index (κ2) is 6.39. The Morgan fingerprint density at radius 2 is 1.20 bits per heavy atom. The van der Waals surface area contributed by atoms with Crippen LogP contribution in [0.25, 0.3) is 0 Å². The normalized spacial score (nSPS) is 13.2. The Bertz CT molecular complexity index is 724. The molecule has 6 heteroatoms. The molecule has 0 heterocycles. The summed E-state index contributed by atoms with van der Waals surface area (Å²) in [6, 6.07) is 7.59. The van der Waals surface area contributed by atoms with Crippen LogP contribution in [0.3, 0.4) is 0 Å². The summed E-state index contributed by atoms with van der Waals surface area (Å²) in [5.41, 5.74) is -4.00. The summed E-state index contributed by atoms with van der Waals surface area (Å²) in [7, 11) is 0. The highest BCUT2D eigenvalue weighted by Gasteiger charge is 2.72. The summed E-state index contributed by atoms with van der Waals surface area (Å²) in [6.45, 7) is 4.96. The van der Waals surface area contributed by atoms with E-state index in [9.17, 15) is 26.3 Å². The van der Waals surface area contributed by atoms with Crippen LogP contribution in [-0.2, 0) is 11.8 Å². The van der Waals surface area contributed by atoms with Gasteiger partial charge in [0.1, 0.15) is 0 Å². The van der Waals surface area contributed by atoms with E-state index < -0.39 is 28.9 Å². The third-order valence-electron chi connectivity index (χ3n) is 4.50. The molecule has 0 aromatic heterocycles. The van der Waals surface area contributed by atoms with Gasteiger partial charge in [-0.05, 0) is 42.5 Å². The highest BCUT2D eigenvalue weighted by atomic mass is 19.4. The van der Waals surface area contributed by atoms with Gasteiger partial charge in [-0.1, -0.05) is 55.0 Å². The number of rotatable bonds is 3. The molecule has 0 amide bonds. The smallest absolute Gasteiger partial charge is 0.169 e. The largest absolute Gasteiger partial charge is 0.411 e. The number of aryl methyl sites for hydroxylation is 3. The number of hydrogen-bond acceptors (Lipinski definition) is 0. The predicted molar refractivity (Wildman–Crippen MR) is 84.6 cm³/mol. The van der Waals surface area contributed by atoms with Crippen LogP contribution >= 0.6 is 0 Å². The van der Waals surface area contributed by atoms with Crippen molar-refractivity contribution in [2.24, 2.45) is 0 Å². The predicted octanol–water partition coefficient (Wildman–Crippen LogP) is 6.28. The fourth-order valence-electron chi connectivity index (χ4n) is 3.07. The van der Waals surface area contributed by atoms with Crippen LogP contribution in [0.15, 0.2) is 42.5 Å². The molecule has 0 bridgehead atoms. The second-order valence-corrected chi connectivity index (χ2v) is 6.11. The third-order valence-corrected chi connectivity index (χ3v) is 4.50. The van der Waals surface area contributed by atoms with Crippen molar-refractivity contribution in [3.63, 3.8) is 0 Å². The molecule has 0 aliphatic carbocycles. The fraction of sp³-hybridized carbons (Fsp3) is 0.368. The van der Waals surface area contributed by atoms with Crippen molar-refractivity contribution in [2.45, 2.75) is 45.0 Å². The first-order valence-corrected chi connectivity index (χ1v) is 7.75. The van der Waals surface area contributed by atoms with E-state index in [0.717, 1.165) is 24.3 Å². The maximum absolute atomic E-state index is 14.0. The van der Waals surface area contributed by atoms with Gasteiger partial charge in [0, 0.05) is 0 Å². The van der Waals surface area contributed by atoms with Crippen LogP contribution in [0.1, 0.15) is 34.7 Å². The molecule has 2 aromatic rings. The van der Waals surface area contributed by atoms with E-state index in [1.807, 2.05) is 0 Å². The first-order chi connectivity index (χ1) is 11.4. The van der Waals surface area contributed by atoms with Crippen molar-refractivity contribution in [3.05, 3.63) is 70.3 Å². The SMILES string of the molecule is CCc1cc(C(c2ccc(C)cc2)(C(F)(F)F)C(F)(F)F)ccc1C. The first-order valence-electron chi connectivity index (χ1n) is 7.75. The summed E-state index contributed by atoms with van der Waals surface area (Å²) in [5.74, 6) is 0. The number of halogens is 6. The Labute approximate surface area is 142 Å². The Morgan fingerprint density at radius 3 is 1.64 bits per heavy atom. The Morgan fingerprint density at radius 1 is 0.720 bits per heavy atom. The van der Waals surface area contributed by atoms with E-state index in [2.05, 4.69) is 0 Å². The van der Waals surface area contributed by atoms with Crippen molar-refractivity contribution in [2.75, 3.05) is 0 Å². The standard InChI is InChI=1S/C19H18F6/c1-4-14-11-16(10-7-13(14)3)17(18(20,21)22,19(23,24)25)15-8-5-12(2)6-9-15/h5-11H,4H2,1-3H3. The molecular formula is C19H18F6. The highest BCUT2D eigenvalue weighted by molar-refractivity contribution is 5.47. The zero-order chi connectivity index (χ0) is 19.0. The number of benzene rings is 2. The highest BCUT2D eigenvalue weighted by Crippen LogP contribution is 2.56. The van der Waals surface area contributed by atoms with Crippen LogP contribution in [-0.4, -0.2) is 12.4 Å². The second-order valence-electron chi connectivity index (χ2n) is 6.11. The van der Waals surface area contributed by atoms with E-state index in [0.29, 0.717) is 23.1 Å². The Balaban J connectivity index is 2.91. The summed E-state index contributed by atoms with van der Waals surface area (Å²) < 4.78 is 83.8. The number of alkyl halides is 6. The van der Waals surface area contributed by atoms with Gasteiger partial charge in [0.2, 0.25) is 5.41 Å². The lowest BCUT2D eigenvalue weighted by Gasteiger charge is -2.38. The van der Waals surface area contributed by atoms with E-state index >= 15 is 0 Å². The lowest BCUT2D eigenvalue weighted by Crippen LogP contribution is -2.54. The van der Waals surface area contributed by atoms with Crippen LogP contribution < -0.4 is 0 Å². The molecule has 0 aliphatic rings. The summed E-state index contributed by atoms with van der Waals surface area (Å²) in [4.78, 5) is 0. The lowest BCUT2D eigenvalue weighted by atomic mass is 9.72. The molecule has 25 heavy (non-hydrogen) atoms. The number of hydrogen-bond donors (Lipinski definition) is 0. The van der Waals surface area contributed by atoms with Crippen molar-refractivity contribution in [3.8, 4) is 0 Å². The molecule has 0 fully saturated rings. The van der Waals surface area contributed by atoms with Gasteiger partial charge in [-0.15, -0.1) is 0 Å². The van der Waals surface area contributed by atoms with E-state index in [1.54, 1.807) is 20.8 Å². The van der Waals surface area contributed by atoms with Crippen LogP contribution in [0.4, 0.5) is 26.3 Å². The van der Waals surface area contributed by atoms with Crippen LogP contribution in [0, 0.1) is 13.8 Å². The molecule has 0 unspecified atom stereocenters. The van der Waals surface area contributed by atoms with E-state index in [1.165, 1.54) is 18.2 Å². The maximum Gasteiger partial charge on any atom is 0.411 e. The molecule has 0 radical (unpaired) electrons. The van der Waals surface area contributed by atoms with Crippen molar-refractivity contribution in [1.82, 2.24) is 0 Å². The molecule has 2 rings (SSSR count). The zero-order valence-electron chi connectivity index (χ0n) is 14.0. The van der Waals surface area contributed by atoms with Gasteiger partial charge in [-0.2, -0.15) is 26.3 Å². The third kappa shape index (κ3) is 3.14. The van der Waals surface area contributed by atoms with Gasteiger partial charge < -0.3 is 0 Å². The molecule has 0 saturated carbocycles. The molecule has 0 spiro atoms. The molecule has 0 nitrogen and oxygen atoms in total. The maximum atomic E-state index is 14.0. The van der Waals surface area contributed by atoms with Gasteiger partial charge >= 0.3 is 12.4 Å². The molecule has 0 saturated heterocycles. The monoisotopic (exact) mass is 360 g/mol. The molecular weight excluding hydrogens is 342 g/mol. The molecule has 136 valence electrons. The minimum absolute atomic E-state index is 0.347. The van der Waals surface area contributed by atoms with Crippen molar-refractivity contribution in [1.29, 1.82) is 0 Å². The average Bonchev–Trinajstić information content (AvgIpc) is 2.48. The molecule has 2 aromatic carbocycles. The van der Waals surface area contributed by atoms with Gasteiger partial charge in [0.05, 0.1) is 0 Å². The van der Waals surface area contributed by atoms with Gasteiger partial charge in [-0.25, -0.2) is 0 Å². The van der Waals surface area contributed by atoms with Crippen molar-refractivity contribution >= 4 is 0 Å². The van der Waals surface area contributed by atoms with Crippen LogP contribution in [0.5, 0.6) is 0 Å². The Hall–Kier alpha value is -1.98. The molecule has 0 atom stereocenters. The lowest BCUT2D eigenvalue weighted by molar-refractivity contribution is -0.288. The van der Waals surface area contributed by atoms with E-state index in [-0.39, 0.29) is 0 Å². The van der Waals surface area contributed by atoms with Crippen molar-refractivity contribution < 1.29 is 26.3 Å². The summed E-state index contributed by atoms with van der Waals surface area (Å²) >= 11 is 0. The van der Waals surface area contributed by atoms with Gasteiger partial charge in [0.15, 0.2) is 0 Å². The first kappa shape index (κ1) is 19.3. The zero-order valence-corrected chi connectivity index (χ0v) is 14.0. The average molecular weight is 360 g/mol. The fourth-order valence-corrected chi connectivity index (χ4v) is 3.07. The summed E-state index contributed by atoms with van der Waals surface area (Å²) in [6.07, 6.45) is -10.7. The minimum Gasteiger partial charge on any atom is -0.169 e.